The Morgan fingerprint density at radius 1 is 1.47 bits per heavy atom. The highest BCUT2D eigenvalue weighted by Gasteiger charge is 2.20. The summed E-state index contributed by atoms with van der Waals surface area (Å²) in [6.07, 6.45) is 2.21. The maximum Gasteiger partial charge on any atom is 0.132 e. The van der Waals surface area contributed by atoms with Crippen LogP contribution in [0.4, 0.5) is 10.1 Å². The molecule has 0 spiro atoms. The topological polar surface area (TPSA) is 24.9 Å². The molecule has 1 aliphatic rings. The second kappa shape index (κ2) is 4.45. The Kier molecular flexibility index (Phi) is 2.81. The molecule has 4 heteroatoms. The van der Waals surface area contributed by atoms with E-state index in [1.54, 1.807) is 11.7 Å². The van der Waals surface area contributed by atoms with Gasteiger partial charge in [-0.15, -0.1) is 11.3 Å². The Morgan fingerprint density at radius 2 is 2.41 bits per heavy atom. The largest absolute Gasteiger partial charge is 0.384 e. The zero-order chi connectivity index (χ0) is 11.7. The molecular weight excluding hydrogens is 235 g/mol. The van der Waals surface area contributed by atoms with Gasteiger partial charge in [-0.1, -0.05) is 18.2 Å². The van der Waals surface area contributed by atoms with Gasteiger partial charge in [0.25, 0.3) is 0 Å². The van der Waals surface area contributed by atoms with E-state index < -0.39 is 6.17 Å². The van der Waals surface area contributed by atoms with Crippen molar-refractivity contribution in [3.63, 3.8) is 0 Å². The summed E-state index contributed by atoms with van der Waals surface area (Å²) in [6, 6.07) is 5.89. The molecule has 0 saturated heterocycles. The predicted molar refractivity (Wildman–Crippen MR) is 68.3 cm³/mol. The van der Waals surface area contributed by atoms with Gasteiger partial charge in [0.15, 0.2) is 0 Å². The van der Waals surface area contributed by atoms with Crippen LogP contribution in [0.1, 0.15) is 22.2 Å². The molecule has 0 radical (unpaired) electrons. The third-order valence-electron chi connectivity index (χ3n) is 3.08. The molecule has 3 rings (SSSR count). The zero-order valence-electron chi connectivity index (χ0n) is 9.32. The number of thiazole rings is 1. The van der Waals surface area contributed by atoms with Crippen LogP contribution in [-0.4, -0.2) is 11.5 Å². The third kappa shape index (κ3) is 2.05. The van der Waals surface area contributed by atoms with Gasteiger partial charge in [0.2, 0.25) is 0 Å². The summed E-state index contributed by atoms with van der Waals surface area (Å²) < 4.78 is 14.3. The normalized spacial score (nSPS) is 15.4. The first-order valence-electron chi connectivity index (χ1n) is 5.71. The first kappa shape index (κ1) is 10.7. The number of aromatic nitrogens is 1. The van der Waals surface area contributed by atoms with Gasteiger partial charge in [-0.05, 0) is 12.0 Å². The Balaban J connectivity index is 1.86. The van der Waals surface area contributed by atoms with Gasteiger partial charge in [0, 0.05) is 35.3 Å². The number of hydrogen-bond acceptors (Lipinski definition) is 3. The number of nitrogens with one attached hydrogen (secondary N) is 1. The number of halogens is 1. The molecule has 0 amide bonds. The molecular formula is C13H13FN2S. The van der Waals surface area contributed by atoms with Gasteiger partial charge in [-0.25, -0.2) is 4.39 Å². The SMILES string of the molecule is FC(Cc1cncs1)c1cccc2c1NCC2. The average molecular weight is 248 g/mol. The highest BCUT2D eigenvalue weighted by atomic mass is 32.1. The van der Waals surface area contributed by atoms with Gasteiger partial charge < -0.3 is 5.32 Å². The second-order valence-corrected chi connectivity index (χ2v) is 5.17. The highest BCUT2D eigenvalue weighted by Crippen LogP contribution is 2.34. The molecule has 0 fully saturated rings. The molecule has 1 aliphatic heterocycles. The maximum atomic E-state index is 14.3. The van der Waals surface area contributed by atoms with Gasteiger partial charge in [0.1, 0.15) is 6.17 Å². The first-order chi connectivity index (χ1) is 8.34. The van der Waals surface area contributed by atoms with Crippen molar-refractivity contribution >= 4 is 17.0 Å². The van der Waals surface area contributed by atoms with Crippen molar-refractivity contribution in [2.75, 3.05) is 11.9 Å². The number of nitrogens with zero attached hydrogens (tertiary/aromatic N) is 1. The smallest absolute Gasteiger partial charge is 0.132 e. The minimum Gasteiger partial charge on any atom is -0.384 e. The van der Waals surface area contributed by atoms with E-state index in [0.29, 0.717) is 6.42 Å². The molecule has 0 bridgehead atoms. The zero-order valence-corrected chi connectivity index (χ0v) is 10.1. The number of rotatable bonds is 3. The summed E-state index contributed by atoms with van der Waals surface area (Å²) in [5.74, 6) is 0. The molecule has 2 aromatic rings. The van der Waals surface area contributed by atoms with E-state index in [-0.39, 0.29) is 0 Å². The molecule has 17 heavy (non-hydrogen) atoms. The van der Waals surface area contributed by atoms with Crippen molar-refractivity contribution in [1.82, 2.24) is 4.98 Å². The van der Waals surface area contributed by atoms with Crippen LogP contribution in [0.25, 0.3) is 0 Å². The van der Waals surface area contributed by atoms with Crippen LogP contribution in [0.5, 0.6) is 0 Å². The van der Waals surface area contributed by atoms with Crippen LogP contribution >= 0.6 is 11.3 Å². The van der Waals surface area contributed by atoms with Crippen molar-refractivity contribution in [3.05, 3.63) is 45.9 Å². The molecule has 1 atom stereocenters. The number of alkyl halides is 1. The molecule has 1 aromatic carbocycles. The maximum absolute atomic E-state index is 14.3. The Labute approximate surface area is 104 Å². The van der Waals surface area contributed by atoms with Crippen LogP contribution in [0, 0.1) is 0 Å². The summed E-state index contributed by atoms with van der Waals surface area (Å²) >= 11 is 1.51. The molecule has 1 aromatic heterocycles. The molecule has 0 aliphatic carbocycles. The average Bonchev–Trinajstić information content (AvgIpc) is 2.97. The number of hydrogen-bond donors (Lipinski definition) is 1. The van der Waals surface area contributed by atoms with E-state index in [0.717, 1.165) is 29.1 Å². The fraction of sp³-hybridized carbons (Fsp3) is 0.308. The fourth-order valence-electron chi connectivity index (χ4n) is 2.26. The third-order valence-corrected chi connectivity index (χ3v) is 3.88. The standard InChI is InChI=1S/C13H13FN2S/c14-12(6-10-7-15-8-17-10)11-3-1-2-9-4-5-16-13(9)11/h1-3,7-8,12,16H,4-6H2. The minimum absolute atomic E-state index is 0.419. The summed E-state index contributed by atoms with van der Waals surface area (Å²) in [5, 5.41) is 3.28. The first-order valence-corrected chi connectivity index (χ1v) is 6.59. The summed E-state index contributed by atoms with van der Waals surface area (Å²) in [6.45, 7) is 0.916. The van der Waals surface area contributed by atoms with Crippen molar-refractivity contribution < 1.29 is 4.39 Å². The van der Waals surface area contributed by atoms with Crippen LogP contribution in [0.2, 0.25) is 0 Å². The van der Waals surface area contributed by atoms with E-state index >= 15 is 0 Å². The van der Waals surface area contributed by atoms with Crippen molar-refractivity contribution in [1.29, 1.82) is 0 Å². The second-order valence-electron chi connectivity index (χ2n) is 4.20. The predicted octanol–water partition coefficient (Wildman–Crippen LogP) is 3.36. The molecule has 1 unspecified atom stereocenters. The van der Waals surface area contributed by atoms with E-state index in [9.17, 15) is 4.39 Å². The quantitative estimate of drug-likeness (QED) is 0.901. The molecule has 1 N–H and O–H groups in total. The van der Waals surface area contributed by atoms with Crippen LogP contribution in [0.15, 0.2) is 29.9 Å². The lowest BCUT2D eigenvalue weighted by molar-refractivity contribution is 0.345. The minimum atomic E-state index is -0.948. The summed E-state index contributed by atoms with van der Waals surface area (Å²) in [4.78, 5) is 4.97. The summed E-state index contributed by atoms with van der Waals surface area (Å²) in [5.41, 5.74) is 4.77. The van der Waals surface area contributed by atoms with E-state index in [2.05, 4.69) is 16.4 Å². The van der Waals surface area contributed by atoms with E-state index in [1.807, 2.05) is 12.1 Å². The number of benzene rings is 1. The molecule has 0 saturated carbocycles. The molecule has 2 nitrogen and oxygen atoms in total. The number of anilines is 1. The fourth-order valence-corrected chi connectivity index (χ4v) is 2.88. The number of fused-ring (bicyclic) bond motifs is 1. The van der Waals surface area contributed by atoms with Crippen LogP contribution < -0.4 is 5.32 Å². The Bertz CT molecular complexity index is 510. The Morgan fingerprint density at radius 3 is 3.24 bits per heavy atom. The van der Waals surface area contributed by atoms with E-state index in [4.69, 9.17) is 0 Å². The van der Waals surface area contributed by atoms with Gasteiger partial charge in [0.05, 0.1) is 5.51 Å². The lowest BCUT2D eigenvalue weighted by Crippen LogP contribution is -2.01. The van der Waals surface area contributed by atoms with Gasteiger partial charge >= 0.3 is 0 Å². The molecule has 2 heterocycles. The van der Waals surface area contributed by atoms with Crippen LogP contribution in [0.3, 0.4) is 0 Å². The van der Waals surface area contributed by atoms with Gasteiger partial charge in [-0.3, -0.25) is 4.98 Å². The molecule has 88 valence electrons. The van der Waals surface area contributed by atoms with Crippen molar-refractivity contribution in [2.24, 2.45) is 0 Å². The summed E-state index contributed by atoms with van der Waals surface area (Å²) in [7, 11) is 0. The monoisotopic (exact) mass is 248 g/mol. The van der Waals surface area contributed by atoms with Crippen molar-refractivity contribution in [3.8, 4) is 0 Å². The lowest BCUT2D eigenvalue weighted by atomic mass is 10.0. The van der Waals surface area contributed by atoms with Crippen LogP contribution in [-0.2, 0) is 12.8 Å². The van der Waals surface area contributed by atoms with Crippen molar-refractivity contribution in [2.45, 2.75) is 19.0 Å². The van der Waals surface area contributed by atoms with E-state index in [1.165, 1.54) is 16.9 Å². The number of para-hydroxylation sites is 1. The highest BCUT2D eigenvalue weighted by molar-refractivity contribution is 7.09. The van der Waals surface area contributed by atoms with Gasteiger partial charge in [-0.2, -0.15) is 0 Å². The lowest BCUT2D eigenvalue weighted by Gasteiger charge is -2.12. The Hall–Kier alpha value is -1.42.